The summed E-state index contributed by atoms with van der Waals surface area (Å²) in [7, 11) is 1.73. The average Bonchev–Trinajstić information content (AvgIpc) is 3.17. The van der Waals surface area contributed by atoms with E-state index in [4.69, 9.17) is 23.9 Å². The van der Waals surface area contributed by atoms with Crippen LogP contribution >= 0.6 is 0 Å². The van der Waals surface area contributed by atoms with Gasteiger partial charge in [-0.15, -0.1) is 0 Å². The van der Waals surface area contributed by atoms with Gasteiger partial charge in [0.25, 0.3) is 0 Å². The van der Waals surface area contributed by atoms with Gasteiger partial charge >= 0.3 is 12.1 Å². The molecule has 36 heavy (non-hydrogen) atoms. The average molecular weight is 500 g/mol. The molecule has 1 unspecified atom stereocenters. The number of pyridine rings is 1. The quantitative estimate of drug-likeness (QED) is 0.499. The highest BCUT2D eigenvalue weighted by Crippen LogP contribution is 2.32. The number of esters is 1. The maximum absolute atomic E-state index is 12.4. The summed E-state index contributed by atoms with van der Waals surface area (Å²) in [6.07, 6.45) is 4.59. The fourth-order valence-corrected chi connectivity index (χ4v) is 4.65. The number of rotatable bonds is 8. The van der Waals surface area contributed by atoms with Gasteiger partial charge in [-0.1, -0.05) is 0 Å². The fraction of sp³-hybridized carbons (Fsp3) is 0.630. The molecule has 3 atom stereocenters. The van der Waals surface area contributed by atoms with Gasteiger partial charge in [-0.05, 0) is 65.5 Å². The minimum atomic E-state index is -0.370. The Labute approximate surface area is 212 Å². The highest BCUT2D eigenvalue weighted by atomic mass is 16.6. The van der Waals surface area contributed by atoms with E-state index in [1.165, 1.54) is 0 Å². The van der Waals surface area contributed by atoms with Crippen LogP contribution in [0.4, 0.5) is 4.79 Å². The predicted octanol–water partition coefficient (Wildman–Crippen LogP) is 3.97. The van der Waals surface area contributed by atoms with Crippen molar-refractivity contribution in [3.8, 4) is 5.75 Å². The largest absolute Gasteiger partial charge is 0.489 e. The van der Waals surface area contributed by atoms with Gasteiger partial charge in [0, 0.05) is 24.4 Å². The maximum Gasteiger partial charge on any atom is 0.410 e. The summed E-state index contributed by atoms with van der Waals surface area (Å²) in [4.78, 5) is 35.6. The van der Waals surface area contributed by atoms with Gasteiger partial charge in [0.05, 0.1) is 54.8 Å². The van der Waals surface area contributed by atoms with Crippen molar-refractivity contribution in [3.63, 3.8) is 0 Å². The van der Waals surface area contributed by atoms with E-state index in [2.05, 4.69) is 4.99 Å². The highest BCUT2D eigenvalue weighted by molar-refractivity contribution is 6.12. The summed E-state index contributed by atoms with van der Waals surface area (Å²) in [5, 5.41) is 0. The van der Waals surface area contributed by atoms with Crippen molar-refractivity contribution in [2.75, 3.05) is 26.9 Å². The van der Waals surface area contributed by atoms with Gasteiger partial charge in [-0.2, -0.15) is 0 Å². The van der Waals surface area contributed by atoms with Crippen LogP contribution in [0, 0.1) is 12.8 Å². The van der Waals surface area contributed by atoms with Gasteiger partial charge in [0.2, 0.25) is 0 Å². The van der Waals surface area contributed by atoms with E-state index >= 15 is 0 Å². The summed E-state index contributed by atoms with van der Waals surface area (Å²) in [6.45, 7) is 8.87. The van der Waals surface area contributed by atoms with Crippen LogP contribution in [-0.4, -0.2) is 79.3 Å². The molecule has 1 saturated carbocycles. The molecule has 0 spiro atoms. The molecular formula is C27H37N3O6. The molecule has 0 N–H and O–H groups in total. The molecule has 0 aromatic carbocycles. The van der Waals surface area contributed by atoms with Crippen molar-refractivity contribution in [1.82, 2.24) is 9.88 Å². The molecule has 9 nitrogen and oxygen atoms in total. The van der Waals surface area contributed by atoms with Crippen molar-refractivity contribution in [1.29, 1.82) is 0 Å². The van der Waals surface area contributed by atoms with Crippen LogP contribution in [0.1, 0.15) is 57.8 Å². The molecule has 1 aromatic heterocycles. The zero-order valence-corrected chi connectivity index (χ0v) is 21.9. The molecule has 1 aromatic rings. The number of hydrogen-bond donors (Lipinski definition) is 0. The van der Waals surface area contributed by atoms with Crippen LogP contribution in [0.15, 0.2) is 22.7 Å². The van der Waals surface area contributed by atoms with Crippen LogP contribution in [0.2, 0.25) is 0 Å². The zero-order chi connectivity index (χ0) is 25.8. The molecule has 0 radical (unpaired) electrons. The lowest BCUT2D eigenvalue weighted by Gasteiger charge is -2.33. The molecule has 2 fully saturated rings. The summed E-state index contributed by atoms with van der Waals surface area (Å²) in [5.74, 6) is 0.453. The molecule has 1 aliphatic carbocycles. The van der Waals surface area contributed by atoms with Crippen LogP contribution in [0.25, 0.3) is 5.57 Å². The molecule has 3 heterocycles. The van der Waals surface area contributed by atoms with Crippen molar-refractivity contribution in [2.45, 2.75) is 77.7 Å². The van der Waals surface area contributed by atoms with E-state index in [1.54, 1.807) is 18.2 Å². The molecule has 1 amide bonds. The first-order valence-electron chi connectivity index (χ1n) is 12.8. The predicted molar refractivity (Wildman–Crippen MR) is 135 cm³/mol. The highest BCUT2D eigenvalue weighted by Gasteiger charge is 2.31. The van der Waals surface area contributed by atoms with Crippen molar-refractivity contribution < 1.29 is 28.5 Å². The molecule has 1 saturated heterocycles. The Morgan fingerprint density at radius 3 is 2.67 bits per heavy atom. The number of aromatic nitrogens is 1. The molecule has 196 valence electrons. The van der Waals surface area contributed by atoms with Crippen molar-refractivity contribution >= 4 is 23.9 Å². The summed E-state index contributed by atoms with van der Waals surface area (Å²) in [6, 6.07) is 3.81. The van der Waals surface area contributed by atoms with Crippen molar-refractivity contribution in [3.05, 3.63) is 29.1 Å². The third-order valence-corrected chi connectivity index (χ3v) is 7.00. The lowest BCUT2D eigenvalue weighted by Crippen LogP contribution is -2.49. The van der Waals surface area contributed by atoms with E-state index in [1.807, 2.05) is 39.8 Å². The smallest absolute Gasteiger partial charge is 0.410 e. The van der Waals surface area contributed by atoms with Gasteiger partial charge in [0.1, 0.15) is 12.4 Å². The van der Waals surface area contributed by atoms with Crippen LogP contribution < -0.4 is 4.74 Å². The molecule has 9 heteroatoms. The summed E-state index contributed by atoms with van der Waals surface area (Å²) < 4.78 is 22.4. The molecule has 2 aliphatic heterocycles. The number of carbonyl (C=O) groups excluding carboxylic acids is 2. The molecular weight excluding hydrogens is 462 g/mol. The Morgan fingerprint density at radius 2 is 2.00 bits per heavy atom. The van der Waals surface area contributed by atoms with E-state index in [9.17, 15) is 9.59 Å². The van der Waals surface area contributed by atoms with Crippen LogP contribution in [0.5, 0.6) is 5.75 Å². The first kappa shape index (κ1) is 26.1. The third kappa shape index (κ3) is 6.06. The summed E-state index contributed by atoms with van der Waals surface area (Å²) in [5.41, 5.74) is 3.32. The van der Waals surface area contributed by atoms with Gasteiger partial charge in [0.15, 0.2) is 0 Å². The fourth-order valence-electron chi connectivity index (χ4n) is 4.65. The Kier molecular flexibility index (Phi) is 8.28. The third-order valence-electron chi connectivity index (χ3n) is 7.00. The van der Waals surface area contributed by atoms with Gasteiger partial charge in [-0.25, -0.2) is 9.78 Å². The minimum absolute atomic E-state index is 0.0462. The van der Waals surface area contributed by atoms with Gasteiger partial charge in [-0.3, -0.25) is 9.79 Å². The molecule has 3 aliphatic rings. The monoisotopic (exact) mass is 499 g/mol. The van der Waals surface area contributed by atoms with Gasteiger partial charge < -0.3 is 23.8 Å². The van der Waals surface area contributed by atoms with Crippen LogP contribution in [-0.2, 0) is 19.0 Å². The number of aryl methyl sites for hydroxylation is 1. The van der Waals surface area contributed by atoms with E-state index in [0.717, 1.165) is 41.8 Å². The Bertz CT molecular complexity index is 1030. The Balaban J connectivity index is 1.40. The minimum Gasteiger partial charge on any atom is -0.489 e. The Morgan fingerprint density at radius 1 is 1.22 bits per heavy atom. The standard InChI is InChI=1S/C27H37N3O6/c1-16(2)35-26(31)19-7-6-8-21(11-19)36-25-10-9-24(29-18(25)4)22-12-28-17(3)23(22)15-34-27(32)30(5)20-13-33-14-20/h9-10,12,16-17,19-21H,6-8,11,13-15H2,1-5H3/t17?,19-,21-/m0/s1. The maximum atomic E-state index is 12.4. The zero-order valence-electron chi connectivity index (χ0n) is 21.9. The lowest BCUT2D eigenvalue weighted by atomic mass is 9.87. The lowest BCUT2D eigenvalue weighted by molar-refractivity contribution is -0.154. The van der Waals surface area contributed by atoms with Crippen LogP contribution in [0.3, 0.4) is 0 Å². The first-order valence-corrected chi connectivity index (χ1v) is 12.8. The molecule has 4 rings (SSSR count). The number of ether oxygens (including phenoxy) is 4. The summed E-state index contributed by atoms with van der Waals surface area (Å²) >= 11 is 0. The molecule has 0 bridgehead atoms. The van der Waals surface area contributed by atoms with E-state index in [0.29, 0.717) is 25.4 Å². The number of nitrogens with zero attached hydrogens (tertiary/aromatic N) is 3. The second-order valence-corrected chi connectivity index (χ2v) is 10.1. The Hall–Kier alpha value is -2.94. The second kappa shape index (κ2) is 11.4. The number of aliphatic imine (C=N–C) groups is 1. The normalized spacial score (nSPS) is 24.0. The van der Waals surface area contributed by atoms with Crippen molar-refractivity contribution in [2.24, 2.45) is 10.9 Å². The number of likely N-dealkylation sites (N-methyl/N-ethyl adjacent to an activating group) is 1. The topological polar surface area (TPSA) is 99.5 Å². The second-order valence-electron chi connectivity index (χ2n) is 10.1. The van der Waals surface area contributed by atoms with E-state index < -0.39 is 0 Å². The SMILES string of the molecule is Cc1nc(C2=C(COC(=O)N(C)C3COC3)C(C)N=C2)ccc1O[C@H]1CCC[C@H](C(=O)OC(C)C)C1. The van der Waals surface area contributed by atoms with E-state index in [-0.39, 0.29) is 48.9 Å². The number of amides is 1. The number of allylic oxidation sites excluding steroid dienone is 1. The first-order chi connectivity index (χ1) is 17.2. The number of hydrogen-bond acceptors (Lipinski definition) is 8. The number of carbonyl (C=O) groups is 2.